The monoisotopic (exact) mass is 384 g/mol. The van der Waals surface area contributed by atoms with Crippen molar-refractivity contribution in [2.75, 3.05) is 7.11 Å². The third-order valence-electron chi connectivity index (χ3n) is 3.73. The van der Waals surface area contributed by atoms with Gasteiger partial charge in [-0.25, -0.2) is 0 Å². The Morgan fingerprint density at radius 2 is 1.86 bits per heavy atom. The second-order valence-corrected chi connectivity index (χ2v) is 6.59. The first-order valence-electron chi connectivity index (χ1n) is 6.37. The van der Waals surface area contributed by atoms with Crippen molar-refractivity contribution in [1.29, 1.82) is 0 Å². The summed E-state index contributed by atoms with van der Waals surface area (Å²) in [6, 6.07) is 9.57. The van der Waals surface area contributed by atoms with E-state index in [1.807, 2.05) is 24.3 Å². The van der Waals surface area contributed by atoms with Crippen LogP contribution in [-0.4, -0.2) is 12.9 Å². The van der Waals surface area contributed by atoms with Gasteiger partial charge in [0.15, 0.2) is 5.78 Å². The SMILES string of the molecule is COc1cc2c(c(Cl)c1Cl)C(=O)[C@H](c1ccc(Br)cc1)C2. The topological polar surface area (TPSA) is 26.3 Å². The van der Waals surface area contributed by atoms with Crippen LogP contribution in [0.1, 0.15) is 27.4 Å². The van der Waals surface area contributed by atoms with Crippen LogP contribution in [0.15, 0.2) is 34.8 Å². The van der Waals surface area contributed by atoms with E-state index in [1.165, 1.54) is 7.11 Å². The second-order valence-electron chi connectivity index (χ2n) is 4.91. The Balaban J connectivity index is 2.06. The van der Waals surface area contributed by atoms with Gasteiger partial charge in [-0.2, -0.15) is 0 Å². The summed E-state index contributed by atoms with van der Waals surface area (Å²) in [5, 5.41) is 0.582. The predicted molar refractivity (Wildman–Crippen MR) is 87.9 cm³/mol. The quantitative estimate of drug-likeness (QED) is 0.702. The fourth-order valence-corrected chi connectivity index (χ4v) is 3.48. The Labute approximate surface area is 141 Å². The molecule has 0 radical (unpaired) electrons. The first-order valence-corrected chi connectivity index (χ1v) is 7.92. The van der Waals surface area contributed by atoms with E-state index in [-0.39, 0.29) is 16.7 Å². The van der Waals surface area contributed by atoms with Crippen molar-refractivity contribution in [2.45, 2.75) is 12.3 Å². The lowest BCUT2D eigenvalue weighted by molar-refractivity contribution is 0.0973. The molecule has 108 valence electrons. The summed E-state index contributed by atoms with van der Waals surface area (Å²) in [4.78, 5) is 12.7. The molecule has 1 atom stereocenters. The molecule has 5 heteroatoms. The van der Waals surface area contributed by atoms with E-state index < -0.39 is 0 Å². The van der Waals surface area contributed by atoms with Crippen LogP contribution < -0.4 is 4.74 Å². The largest absolute Gasteiger partial charge is 0.495 e. The van der Waals surface area contributed by atoms with Gasteiger partial charge in [0.2, 0.25) is 0 Å². The zero-order valence-electron chi connectivity index (χ0n) is 11.1. The predicted octanol–water partition coefficient (Wildman–Crippen LogP) is 5.29. The molecule has 0 unspecified atom stereocenters. The number of hydrogen-bond donors (Lipinski definition) is 0. The van der Waals surface area contributed by atoms with Crippen molar-refractivity contribution in [1.82, 2.24) is 0 Å². The van der Waals surface area contributed by atoms with Crippen molar-refractivity contribution in [3.8, 4) is 5.75 Å². The molecule has 0 amide bonds. The van der Waals surface area contributed by atoms with Gasteiger partial charge in [0.1, 0.15) is 10.8 Å². The zero-order valence-corrected chi connectivity index (χ0v) is 14.2. The number of methoxy groups -OCH3 is 1. The van der Waals surface area contributed by atoms with Crippen LogP contribution >= 0.6 is 39.1 Å². The molecule has 2 nitrogen and oxygen atoms in total. The maximum Gasteiger partial charge on any atom is 0.172 e. The van der Waals surface area contributed by atoms with E-state index >= 15 is 0 Å². The van der Waals surface area contributed by atoms with Gasteiger partial charge in [-0.1, -0.05) is 51.3 Å². The maximum absolute atomic E-state index is 12.7. The van der Waals surface area contributed by atoms with Crippen LogP contribution in [0.2, 0.25) is 10.0 Å². The van der Waals surface area contributed by atoms with Gasteiger partial charge in [0.25, 0.3) is 0 Å². The Kier molecular flexibility index (Phi) is 4.00. The fraction of sp³-hybridized carbons (Fsp3) is 0.188. The molecule has 1 aliphatic rings. The summed E-state index contributed by atoms with van der Waals surface area (Å²) in [5.74, 6) is 0.306. The molecule has 0 bridgehead atoms. The number of rotatable bonds is 2. The van der Waals surface area contributed by atoms with E-state index in [1.54, 1.807) is 6.07 Å². The lowest BCUT2D eigenvalue weighted by Crippen LogP contribution is -2.07. The lowest BCUT2D eigenvalue weighted by Gasteiger charge is -2.09. The highest BCUT2D eigenvalue weighted by molar-refractivity contribution is 9.10. The third kappa shape index (κ3) is 2.48. The molecule has 2 aromatic carbocycles. The van der Waals surface area contributed by atoms with Gasteiger partial charge in [-0.15, -0.1) is 0 Å². The van der Waals surface area contributed by atoms with E-state index in [0.717, 1.165) is 15.6 Å². The van der Waals surface area contributed by atoms with Crippen molar-refractivity contribution in [3.05, 3.63) is 61.5 Å². The van der Waals surface area contributed by atoms with E-state index in [4.69, 9.17) is 27.9 Å². The number of carbonyl (C=O) groups is 1. The molecular formula is C16H11BrCl2O2. The zero-order chi connectivity index (χ0) is 15.1. The number of fused-ring (bicyclic) bond motifs is 1. The molecular weight excluding hydrogens is 375 g/mol. The highest BCUT2D eigenvalue weighted by atomic mass is 79.9. The van der Waals surface area contributed by atoms with Gasteiger partial charge in [-0.3, -0.25) is 4.79 Å². The summed E-state index contributed by atoms with van der Waals surface area (Å²) < 4.78 is 6.19. The molecule has 0 saturated carbocycles. The summed E-state index contributed by atoms with van der Waals surface area (Å²) >= 11 is 15.8. The maximum atomic E-state index is 12.7. The van der Waals surface area contributed by atoms with Gasteiger partial charge in [0.05, 0.1) is 18.1 Å². The Hall–Kier alpha value is -1.03. The number of ether oxygens (including phenoxy) is 1. The van der Waals surface area contributed by atoms with Gasteiger partial charge >= 0.3 is 0 Å². The molecule has 0 aromatic heterocycles. The van der Waals surface area contributed by atoms with E-state index in [2.05, 4.69) is 15.9 Å². The average molecular weight is 386 g/mol. The molecule has 0 aliphatic heterocycles. The molecule has 3 rings (SSSR count). The van der Waals surface area contributed by atoms with Crippen LogP contribution in [0, 0.1) is 0 Å². The van der Waals surface area contributed by atoms with Crippen LogP contribution in [0.3, 0.4) is 0 Å². The van der Waals surface area contributed by atoms with Crippen molar-refractivity contribution in [2.24, 2.45) is 0 Å². The number of halogens is 3. The molecule has 2 aromatic rings. The Bertz CT molecular complexity index is 726. The number of Topliss-reactive ketones (excluding diaryl/α,β-unsaturated/α-hetero) is 1. The highest BCUT2D eigenvalue weighted by Crippen LogP contribution is 2.44. The first kappa shape index (κ1) is 14.9. The number of benzene rings is 2. The standard InChI is InChI=1S/C16H11BrCl2O2/c1-21-12-7-9-6-11(8-2-4-10(17)5-3-8)16(20)13(9)15(19)14(12)18/h2-5,7,11H,6H2,1H3/t11-/m0/s1. The molecule has 0 spiro atoms. The minimum Gasteiger partial charge on any atom is -0.495 e. The van der Waals surface area contributed by atoms with Gasteiger partial charge < -0.3 is 4.74 Å². The first-order chi connectivity index (χ1) is 10.0. The van der Waals surface area contributed by atoms with E-state index in [0.29, 0.717) is 22.8 Å². The van der Waals surface area contributed by atoms with Crippen LogP contribution in [0.5, 0.6) is 5.75 Å². The second kappa shape index (κ2) is 5.64. The minimum absolute atomic E-state index is 0.0156. The Morgan fingerprint density at radius 3 is 2.48 bits per heavy atom. The molecule has 0 heterocycles. The van der Waals surface area contributed by atoms with Crippen LogP contribution in [0.4, 0.5) is 0 Å². The van der Waals surface area contributed by atoms with Gasteiger partial charge in [-0.05, 0) is 35.7 Å². The van der Waals surface area contributed by atoms with Gasteiger partial charge in [0, 0.05) is 10.0 Å². The smallest absolute Gasteiger partial charge is 0.172 e. The number of hydrogen-bond acceptors (Lipinski definition) is 2. The average Bonchev–Trinajstić information content (AvgIpc) is 2.81. The minimum atomic E-state index is -0.214. The Morgan fingerprint density at radius 1 is 1.19 bits per heavy atom. The summed E-state index contributed by atoms with van der Waals surface area (Å²) in [5.41, 5.74) is 2.39. The summed E-state index contributed by atoms with van der Waals surface area (Å²) in [6.07, 6.45) is 0.614. The third-order valence-corrected chi connectivity index (χ3v) is 5.11. The molecule has 21 heavy (non-hydrogen) atoms. The molecule has 1 aliphatic carbocycles. The molecule has 0 fully saturated rings. The number of ketones is 1. The highest BCUT2D eigenvalue weighted by Gasteiger charge is 2.35. The lowest BCUT2D eigenvalue weighted by atomic mass is 9.95. The fourth-order valence-electron chi connectivity index (χ4n) is 2.68. The summed E-state index contributed by atoms with van der Waals surface area (Å²) in [7, 11) is 1.53. The van der Waals surface area contributed by atoms with Crippen molar-refractivity contribution in [3.63, 3.8) is 0 Å². The molecule has 0 saturated heterocycles. The van der Waals surface area contributed by atoms with Crippen LogP contribution in [-0.2, 0) is 6.42 Å². The normalized spacial score (nSPS) is 17.0. The van der Waals surface area contributed by atoms with E-state index in [9.17, 15) is 4.79 Å². The van der Waals surface area contributed by atoms with Crippen molar-refractivity contribution >= 4 is 44.9 Å². The van der Waals surface area contributed by atoms with Crippen LogP contribution in [0.25, 0.3) is 0 Å². The summed E-state index contributed by atoms with van der Waals surface area (Å²) in [6.45, 7) is 0. The molecule has 0 N–H and O–H groups in total. The number of carbonyl (C=O) groups excluding carboxylic acids is 1. The van der Waals surface area contributed by atoms with Crippen molar-refractivity contribution < 1.29 is 9.53 Å².